The zero-order valence-corrected chi connectivity index (χ0v) is 21.0. The maximum Gasteiger partial charge on any atom is 0.221 e. The molecule has 0 bridgehead atoms. The first-order valence-corrected chi connectivity index (χ1v) is 12.7. The Morgan fingerprint density at radius 3 is 2.26 bits per heavy atom. The van der Waals surface area contributed by atoms with Gasteiger partial charge in [-0.3, -0.25) is 13.5 Å². The van der Waals surface area contributed by atoms with E-state index in [-0.39, 0.29) is 0 Å². The Bertz CT molecular complexity index is 2030. The molecule has 0 atom stereocenters. The number of benzene rings is 3. The maximum absolute atomic E-state index is 5.24. The van der Waals surface area contributed by atoms with E-state index in [9.17, 15) is 0 Å². The molecule has 7 aromatic rings. The summed E-state index contributed by atoms with van der Waals surface area (Å²) in [7, 11) is 0. The van der Waals surface area contributed by atoms with E-state index in [1.54, 1.807) is 0 Å². The van der Waals surface area contributed by atoms with Crippen LogP contribution < -0.4 is 0 Å². The summed E-state index contributed by atoms with van der Waals surface area (Å²) in [6.07, 6.45) is 9.84. The first kappa shape index (κ1) is 22.1. The molecular formula is C33H25N5. The fourth-order valence-corrected chi connectivity index (χ4v) is 5.33. The molecule has 3 aromatic carbocycles. The third-order valence-electron chi connectivity index (χ3n) is 7.02. The maximum atomic E-state index is 5.24. The Hall–Kier alpha value is -5.16. The van der Waals surface area contributed by atoms with Gasteiger partial charge in [0.2, 0.25) is 5.78 Å². The summed E-state index contributed by atoms with van der Waals surface area (Å²) in [4.78, 5) is 10.2. The fourth-order valence-electron chi connectivity index (χ4n) is 5.33. The van der Waals surface area contributed by atoms with Crippen LogP contribution in [0.2, 0.25) is 0 Å². The van der Waals surface area contributed by atoms with E-state index in [0.29, 0.717) is 0 Å². The minimum atomic E-state index is 0.840. The summed E-state index contributed by atoms with van der Waals surface area (Å²) in [6, 6.07) is 31.5. The van der Waals surface area contributed by atoms with E-state index in [0.717, 1.165) is 61.5 Å². The molecule has 0 spiro atoms. The molecule has 0 fully saturated rings. The molecule has 182 valence electrons. The molecule has 0 radical (unpaired) electrons. The van der Waals surface area contributed by atoms with Crippen molar-refractivity contribution >= 4 is 44.5 Å². The van der Waals surface area contributed by atoms with Crippen LogP contribution in [0.1, 0.15) is 12.5 Å². The lowest BCUT2D eigenvalue weighted by atomic mass is 10.1. The van der Waals surface area contributed by atoms with E-state index in [1.165, 1.54) is 0 Å². The molecular weight excluding hydrogens is 466 g/mol. The second-order valence-electron chi connectivity index (χ2n) is 9.19. The number of nitrogens with zero attached hydrogens (tertiary/aromatic N) is 5. The van der Waals surface area contributed by atoms with Gasteiger partial charge in [0, 0.05) is 22.8 Å². The highest BCUT2D eigenvalue weighted by Gasteiger charge is 2.23. The van der Waals surface area contributed by atoms with Gasteiger partial charge in [-0.1, -0.05) is 79.4 Å². The monoisotopic (exact) mass is 491 g/mol. The third-order valence-corrected chi connectivity index (χ3v) is 7.02. The smallest absolute Gasteiger partial charge is 0.221 e. The number of fused-ring (bicyclic) bond motifs is 7. The second kappa shape index (κ2) is 8.75. The standard InChI is InChI=1S/C33H25N5/c1-3-5-13-23(4-2)24-20-21-30(34-22-24)37-27-17-10-9-16-26(27)31-32(37)38-29-19-12-11-18-28(29)36(33(38)35-31)25-14-7-6-8-15-25/h3-22H,2H2,1H3/b5-3-,23-13+. The molecule has 0 aliphatic rings. The van der Waals surface area contributed by atoms with Gasteiger partial charge in [0.05, 0.1) is 16.6 Å². The topological polar surface area (TPSA) is 40.0 Å². The molecule has 38 heavy (non-hydrogen) atoms. The summed E-state index contributed by atoms with van der Waals surface area (Å²) in [6.45, 7) is 5.98. The molecule has 7 rings (SSSR count). The lowest BCUT2D eigenvalue weighted by molar-refractivity contribution is 1.04. The summed E-state index contributed by atoms with van der Waals surface area (Å²) < 4.78 is 6.71. The number of para-hydroxylation sites is 4. The fraction of sp³-hybridized carbons (Fsp3) is 0.0303. The SMILES string of the molecule is C=C/C(=C\C=C/C)c1ccc(-n2c3ccccc3c3nc4n(-c5ccccc5)c5ccccc5n4c32)nc1. The van der Waals surface area contributed by atoms with Crippen molar-refractivity contribution in [3.05, 3.63) is 134 Å². The summed E-state index contributed by atoms with van der Waals surface area (Å²) in [5.74, 6) is 1.72. The van der Waals surface area contributed by atoms with Gasteiger partial charge < -0.3 is 0 Å². The summed E-state index contributed by atoms with van der Waals surface area (Å²) >= 11 is 0. The zero-order chi connectivity index (χ0) is 25.6. The molecule has 0 aliphatic carbocycles. The number of hydrogen-bond acceptors (Lipinski definition) is 2. The quantitative estimate of drug-likeness (QED) is 0.230. The van der Waals surface area contributed by atoms with Crippen molar-refractivity contribution in [2.24, 2.45) is 0 Å². The third kappa shape index (κ3) is 3.19. The van der Waals surface area contributed by atoms with Crippen LogP contribution >= 0.6 is 0 Å². The van der Waals surface area contributed by atoms with Crippen LogP contribution in [0.25, 0.3) is 56.0 Å². The predicted molar refractivity (Wildman–Crippen MR) is 157 cm³/mol. The van der Waals surface area contributed by atoms with Crippen LogP contribution in [0.15, 0.2) is 128 Å². The molecule has 0 saturated heterocycles. The van der Waals surface area contributed by atoms with E-state index in [2.05, 4.69) is 105 Å². The minimum absolute atomic E-state index is 0.840. The molecule has 0 N–H and O–H groups in total. The van der Waals surface area contributed by atoms with Gasteiger partial charge in [-0.2, -0.15) is 0 Å². The van der Waals surface area contributed by atoms with Gasteiger partial charge in [0.15, 0.2) is 5.65 Å². The number of hydrogen-bond donors (Lipinski definition) is 0. The largest absolute Gasteiger partial charge is 0.278 e. The normalized spacial score (nSPS) is 12.5. The van der Waals surface area contributed by atoms with Crippen LogP contribution in [-0.2, 0) is 0 Å². The molecule has 0 unspecified atom stereocenters. The van der Waals surface area contributed by atoms with Crippen molar-refractivity contribution in [3.8, 4) is 11.5 Å². The van der Waals surface area contributed by atoms with Crippen molar-refractivity contribution < 1.29 is 0 Å². The Morgan fingerprint density at radius 2 is 1.53 bits per heavy atom. The molecule has 0 amide bonds. The van der Waals surface area contributed by atoms with Crippen molar-refractivity contribution in [2.75, 3.05) is 0 Å². The highest BCUT2D eigenvalue weighted by molar-refractivity contribution is 6.08. The van der Waals surface area contributed by atoms with Crippen molar-refractivity contribution in [3.63, 3.8) is 0 Å². The van der Waals surface area contributed by atoms with Gasteiger partial charge in [-0.05, 0) is 55.0 Å². The average Bonchev–Trinajstić information content (AvgIpc) is 3.60. The Labute approximate surface area is 219 Å². The lowest BCUT2D eigenvalue weighted by Gasteiger charge is -2.08. The van der Waals surface area contributed by atoms with Gasteiger partial charge >= 0.3 is 0 Å². The van der Waals surface area contributed by atoms with E-state index >= 15 is 0 Å². The molecule has 0 aliphatic heterocycles. The van der Waals surface area contributed by atoms with Gasteiger partial charge in [-0.25, -0.2) is 9.97 Å². The number of imidazole rings is 2. The molecule has 5 nitrogen and oxygen atoms in total. The van der Waals surface area contributed by atoms with Crippen LogP contribution in [-0.4, -0.2) is 23.5 Å². The number of pyridine rings is 1. The average molecular weight is 492 g/mol. The van der Waals surface area contributed by atoms with Crippen molar-refractivity contribution in [2.45, 2.75) is 6.92 Å². The number of allylic oxidation sites excluding steroid dienone is 5. The van der Waals surface area contributed by atoms with Crippen molar-refractivity contribution in [1.82, 2.24) is 23.5 Å². The number of aromatic nitrogens is 5. The summed E-state index contributed by atoms with van der Waals surface area (Å²) in [5, 5.41) is 1.10. The highest BCUT2D eigenvalue weighted by Crippen LogP contribution is 2.36. The Kier molecular flexibility index (Phi) is 5.08. The van der Waals surface area contributed by atoms with E-state index in [4.69, 9.17) is 9.97 Å². The Balaban J connectivity index is 1.57. The lowest BCUT2D eigenvalue weighted by Crippen LogP contribution is -2.00. The minimum Gasteiger partial charge on any atom is -0.278 e. The molecule has 4 aromatic heterocycles. The Morgan fingerprint density at radius 1 is 0.789 bits per heavy atom. The van der Waals surface area contributed by atoms with E-state index in [1.807, 2.05) is 43.5 Å². The van der Waals surface area contributed by atoms with Crippen LogP contribution in [0.4, 0.5) is 0 Å². The van der Waals surface area contributed by atoms with Crippen molar-refractivity contribution in [1.29, 1.82) is 0 Å². The van der Waals surface area contributed by atoms with E-state index < -0.39 is 0 Å². The first-order chi connectivity index (χ1) is 18.8. The highest BCUT2D eigenvalue weighted by atomic mass is 15.3. The summed E-state index contributed by atoms with van der Waals surface area (Å²) in [5.41, 5.74) is 8.36. The molecule has 5 heteroatoms. The van der Waals surface area contributed by atoms with Crippen LogP contribution in [0.3, 0.4) is 0 Å². The number of rotatable bonds is 5. The van der Waals surface area contributed by atoms with Gasteiger partial charge in [0.1, 0.15) is 11.3 Å². The molecule has 4 heterocycles. The molecule has 0 saturated carbocycles. The van der Waals surface area contributed by atoms with Gasteiger partial charge in [-0.15, -0.1) is 0 Å². The van der Waals surface area contributed by atoms with Crippen LogP contribution in [0.5, 0.6) is 0 Å². The zero-order valence-electron chi connectivity index (χ0n) is 21.0. The van der Waals surface area contributed by atoms with Crippen LogP contribution in [0, 0.1) is 0 Å². The van der Waals surface area contributed by atoms with Gasteiger partial charge in [0.25, 0.3) is 0 Å². The first-order valence-electron chi connectivity index (χ1n) is 12.7. The predicted octanol–water partition coefficient (Wildman–Crippen LogP) is 7.92. The second-order valence-corrected chi connectivity index (χ2v) is 9.19.